The van der Waals surface area contributed by atoms with Crippen molar-refractivity contribution in [3.8, 4) is 0 Å². The van der Waals surface area contributed by atoms with Gasteiger partial charge in [0.2, 0.25) is 5.43 Å². The van der Waals surface area contributed by atoms with E-state index >= 15 is 4.39 Å². The molecule has 1 aliphatic heterocycles. The summed E-state index contributed by atoms with van der Waals surface area (Å²) in [5.74, 6) is -3.48. The van der Waals surface area contributed by atoms with Gasteiger partial charge in [-0.15, -0.1) is 0 Å². The van der Waals surface area contributed by atoms with E-state index in [4.69, 9.17) is 10.6 Å². The zero-order chi connectivity index (χ0) is 20.9. The monoisotopic (exact) mass is 406 g/mol. The number of halogens is 2. The van der Waals surface area contributed by atoms with Crippen LogP contribution in [0.3, 0.4) is 0 Å². The van der Waals surface area contributed by atoms with Crippen molar-refractivity contribution in [3.63, 3.8) is 0 Å². The van der Waals surface area contributed by atoms with Gasteiger partial charge in [0.05, 0.1) is 23.2 Å². The van der Waals surface area contributed by atoms with Crippen molar-refractivity contribution >= 4 is 28.3 Å². The molecule has 154 valence electrons. The molecule has 1 aliphatic carbocycles. The molecule has 3 N–H and O–H groups in total. The predicted molar refractivity (Wildman–Crippen MR) is 103 cm³/mol. The van der Waals surface area contributed by atoms with E-state index in [0.717, 1.165) is 25.1 Å². The first-order chi connectivity index (χ1) is 13.9. The highest BCUT2D eigenvalue weighted by atomic mass is 19.1. The fraction of sp³-hybridized carbons (Fsp3) is 0.421. The summed E-state index contributed by atoms with van der Waals surface area (Å²) in [5.41, 5.74) is 4.55. The van der Waals surface area contributed by atoms with Crippen LogP contribution >= 0.6 is 0 Å². The smallest absolute Gasteiger partial charge is 0.341 e. The van der Waals surface area contributed by atoms with Crippen LogP contribution < -0.4 is 16.1 Å². The van der Waals surface area contributed by atoms with Crippen molar-refractivity contribution in [2.45, 2.75) is 18.9 Å². The summed E-state index contributed by atoms with van der Waals surface area (Å²) in [6, 6.07) is 0.801. The Morgan fingerprint density at radius 1 is 1.41 bits per heavy atom. The van der Waals surface area contributed by atoms with Gasteiger partial charge < -0.3 is 25.1 Å². The highest BCUT2D eigenvalue weighted by Gasteiger charge is 2.35. The van der Waals surface area contributed by atoms with E-state index in [-0.39, 0.29) is 48.2 Å². The summed E-state index contributed by atoms with van der Waals surface area (Å²) in [7, 11) is 1.38. The number of nitrogens with zero attached hydrogens (tertiary/aromatic N) is 3. The predicted octanol–water partition coefficient (Wildman–Crippen LogP) is 1.71. The molecule has 1 atom stereocenters. The number of pyridine rings is 1. The third-order valence-corrected chi connectivity index (χ3v) is 5.43. The standard InChI is InChI=1S/C19H20F2N4O4/c1-29-23-14-8-24(6-9(14)5-22)17-13(20)4-11-16(15(17)21)25(10-2-3-10)7-12(18(11)26)19(27)28/h4,7,9-10H,2-3,5-6,8,22H2,1H3,(H,27,28)/b23-14-/t9-/m1/s1. The molecular formula is C19H20F2N4O4. The Bertz CT molecular complexity index is 1090. The normalized spacial score (nSPS) is 20.6. The Morgan fingerprint density at radius 3 is 2.72 bits per heavy atom. The van der Waals surface area contributed by atoms with Gasteiger partial charge in [0.1, 0.15) is 24.2 Å². The number of carboxylic acid groups (broad SMARTS) is 1. The van der Waals surface area contributed by atoms with Gasteiger partial charge in [-0.25, -0.2) is 13.6 Å². The van der Waals surface area contributed by atoms with E-state index < -0.39 is 28.6 Å². The van der Waals surface area contributed by atoms with Crippen LogP contribution in [-0.2, 0) is 4.84 Å². The van der Waals surface area contributed by atoms with Crippen LogP contribution in [0.1, 0.15) is 29.2 Å². The van der Waals surface area contributed by atoms with Crippen LogP contribution in [0.15, 0.2) is 22.2 Å². The first kappa shape index (κ1) is 19.3. The second kappa shape index (κ2) is 7.11. The van der Waals surface area contributed by atoms with E-state index in [0.29, 0.717) is 5.71 Å². The Kier molecular flexibility index (Phi) is 4.73. The second-order valence-electron chi connectivity index (χ2n) is 7.31. The lowest BCUT2D eigenvalue weighted by atomic mass is 10.1. The van der Waals surface area contributed by atoms with Crippen LogP contribution in [0.2, 0.25) is 0 Å². The number of nitrogens with two attached hydrogens (primary N) is 1. The highest BCUT2D eigenvalue weighted by molar-refractivity contribution is 5.96. The number of hydrogen-bond acceptors (Lipinski definition) is 6. The lowest BCUT2D eigenvalue weighted by Gasteiger charge is -2.22. The van der Waals surface area contributed by atoms with Crippen molar-refractivity contribution in [2.24, 2.45) is 16.8 Å². The number of anilines is 1. The molecule has 2 aliphatic rings. The molecule has 4 rings (SSSR count). The maximum atomic E-state index is 15.6. The minimum absolute atomic E-state index is 0.0830. The molecule has 10 heteroatoms. The van der Waals surface area contributed by atoms with Crippen molar-refractivity contribution in [1.29, 1.82) is 0 Å². The van der Waals surface area contributed by atoms with Gasteiger partial charge in [-0.05, 0) is 18.9 Å². The first-order valence-corrected chi connectivity index (χ1v) is 9.22. The maximum Gasteiger partial charge on any atom is 0.341 e. The number of carboxylic acids is 1. The second-order valence-corrected chi connectivity index (χ2v) is 7.31. The summed E-state index contributed by atoms with van der Waals surface area (Å²) in [5, 5.41) is 12.9. The zero-order valence-electron chi connectivity index (χ0n) is 15.7. The van der Waals surface area contributed by atoms with Crippen LogP contribution in [0.4, 0.5) is 14.5 Å². The molecule has 0 bridgehead atoms. The van der Waals surface area contributed by atoms with E-state index in [1.807, 2.05) is 0 Å². The summed E-state index contributed by atoms with van der Waals surface area (Å²) < 4.78 is 32.0. The molecule has 0 unspecified atom stereocenters. The van der Waals surface area contributed by atoms with E-state index in [1.54, 1.807) is 0 Å². The molecule has 1 aromatic heterocycles. The van der Waals surface area contributed by atoms with Crippen LogP contribution in [0, 0.1) is 17.6 Å². The number of carbonyl (C=O) groups is 1. The molecule has 0 radical (unpaired) electrons. The minimum Gasteiger partial charge on any atom is -0.477 e. The summed E-state index contributed by atoms with van der Waals surface area (Å²) in [6.07, 6.45) is 2.61. The Hall–Kier alpha value is -3.01. The molecule has 8 nitrogen and oxygen atoms in total. The van der Waals surface area contributed by atoms with Gasteiger partial charge in [-0.1, -0.05) is 5.16 Å². The maximum absolute atomic E-state index is 15.6. The fourth-order valence-corrected chi connectivity index (χ4v) is 3.88. The van der Waals surface area contributed by atoms with Crippen LogP contribution in [0.25, 0.3) is 10.9 Å². The van der Waals surface area contributed by atoms with E-state index in [1.165, 1.54) is 16.6 Å². The Balaban J connectivity index is 1.93. The van der Waals surface area contributed by atoms with Gasteiger partial charge in [0.25, 0.3) is 0 Å². The van der Waals surface area contributed by atoms with E-state index in [2.05, 4.69) is 5.16 Å². The molecule has 29 heavy (non-hydrogen) atoms. The van der Waals surface area contributed by atoms with Gasteiger partial charge in [-0.2, -0.15) is 0 Å². The molecule has 1 saturated carbocycles. The fourth-order valence-electron chi connectivity index (χ4n) is 3.88. The van der Waals surface area contributed by atoms with Crippen molar-refractivity contribution in [3.05, 3.63) is 39.7 Å². The first-order valence-electron chi connectivity index (χ1n) is 9.22. The van der Waals surface area contributed by atoms with Crippen molar-refractivity contribution in [1.82, 2.24) is 4.57 Å². The van der Waals surface area contributed by atoms with Crippen LogP contribution in [-0.4, -0.2) is 48.1 Å². The zero-order valence-corrected chi connectivity index (χ0v) is 15.7. The average molecular weight is 406 g/mol. The highest BCUT2D eigenvalue weighted by Crippen LogP contribution is 2.40. The quantitative estimate of drug-likeness (QED) is 0.732. The summed E-state index contributed by atoms with van der Waals surface area (Å²) in [6.45, 7) is 0.624. The number of benzene rings is 1. The lowest BCUT2D eigenvalue weighted by Crippen LogP contribution is -2.26. The van der Waals surface area contributed by atoms with Crippen molar-refractivity contribution < 1.29 is 23.5 Å². The molecule has 2 heterocycles. The lowest BCUT2D eigenvalue weighted by molar-refractivity contribution is 0.0694. The summed E-state index contributed by atoms with van der Waals surface area (Å²) >= 11 is 0. The number of oxime groups is 1. The van der Waals surface area contributed by atoms with Gasteiger partial charge in [0.15, 0.2) is 5.82 Å². The molecule has 0 amide bonds. The van der Waals surface area contributed by atoms with Crippen LogP contribution in [0.5, 0.6) is 0 Å². The largest absolute Gasteiger partial charge is 0.477 e. The van der Waals surface area contributed by atoms with Gasteiger partial charge in [-0.3, -0.25) is 4.79 Å². The average Bonchev–Trinajstić information content (AvgIpc) is 3.44. The van der Waals surface area contributed by atoms with Gasteiger partial charge in [0, 0.05) is 31.2 Å². The molecule has 0 spiro atoms. The van der Waals surface area contributed by atoms with Crippen molar-refractivity contribution in [2.75, 3.05) is 31.6 Å². The van der Waals surface area contributed by atoms with Gasteiger partial charge >= 0.3 is 5.97 Å². The molecule has 1 saturated heterocycles. The number of aromatic nitrogens is 1. The molecule has 2 fully saturated rings. The minimum atomic E-state index is -1.43. The number of rotatable bonds is 5. The Labute approximate surface area is 164 Å². The third kappa shape index (κ3) is 3.13. The summed E-state index contributed by atoms with van der Waals surface area (Å²) in [4.78, 5) is 30.3. The van der Waals surface area contributed by atoms with E-state index in [9.17, 15) is 19.1 Å². The number of fused-ring (bicyclic) bond motifs is 1. The molecular weight excluding hydrogens is 386 g/mol. The molecule has 2 aromatic rings. The Morgan fingerprint density at radius 2 is 2.14 bits per heavy atom. The number of aromatic carboxylic acids is 1. The third-order valence-electron chi connectivity index (χ3n) is 5.43. The number of hydrogen-bond donors (Lipinski definition) is 2. The molecule has 1 aromatic carbocycles. The topological polar surface area (TPSA) is 110 Å². The SMILES string of the molecule is CO/N=C1/CN(c2c(F)cc3c(=O)c(C(=O)O)cn(C4CC4)c3c2F)C[C@H]1CN.